The SMILES string of the molecule is CN=C(NCC(C)(C)N1CCc2ccccc2C1)NC1CCN(C(=O)C2CCCC2)C1. The number of carbonyl (C=O) groups excluding carboxylic acids is 1. The normalized spacial score (nSPS) is 23.1. The summed E-state index contributed by atoms with van der Waals surface area (Å²) in [6.07, 6.45) is 6.67. The van der Waals surface area contributed by atoms with Crippen LogP contribution in [0.3, 0.4) is 0 Å². The molecule has 1 amide bonds. The van der Waals surface area contributed by atoms with Crippen molar-refractivity contribution >= 4 is 11.9 Å². The molecule has 0 spiro atoms. The van der Waals surface area contributed by atoms with Gasteiger partial charge >= 0.3 is 0 Å². The zero-order chi connectivity index (χ0) is 21.8. The number of amides is 1. The summed E-state index contributed by atoms with van der Waals surface area (Å²) in [6.45, 7) is 9.17. The second-order valence-corrected chi connectivity index (χ2v) is 10.1. The maximum atomic E-state index is 12.7. The number of nitrogens with zero attached hydrogens (tertiary/aromatic N) is 3. The molecule has 2 aliphatic heterocycles. The Labute approximate surface area is 187 Å². The van der Waals surface area contributed by atoms with Crippen LogP contribution in [0.1, 0.15) is 57.1 Å². The van der Waals surface area contributed by atoms with Crippen LogP contribution in [0.15, 0.2) is 29.3 Å². The largest absolute Gasteiger partial charge is 0.355 e. The van der Waals surface area contributed by atoms with Crippen molar-refractivity contribution in [1.82, 2.24) is 20.4 Å². The van der Waals surface area contributed by atoms with E-state index in [1.165, 1.54) is 24.0 Å². The third kappa shape index (κ3) is 5.22. The van der Waals surface area contributed by atoms with Gasteiger partial charge in [-0.3, -0.25) is 14.7 Å². The molecule has 170 valence electrons. The van der Waals surface area contributed by atoms with Gasteiger partial charge in [0.15, 0.2) is 5.96 Å². The highest BCUT2D eigenvalue weighted by Crippen LogP contribution is 2.28. The van der Waals surface area contributed by atoms with Gasteiger partial charge in [-0.15, -0.1) is 0 Å². The van der Waals surface area contributed by atoms with Gasteiger partial charge in [-0.2, -0.15) is 0 Å². The minimum absolute atomic E-state index is 0.0191. The Kier molecular flexibility index (Phi) is 6.85. The summed E-state index contributed by atoms with van der Waals surface area (Å²) in [5.41, 5.74) is 2.95. The molecule has 2 fully saturated rings. The van der Waals surface area contributed by atoms with Crippen LogP contribution < -0.4 is 10.6 Å². The summed E-state index contributed by atoms with van der Waals surface area (Å²) >= 11 is 0. The fraction of sp³-hybridized carbons (Fsp3) is 0.680. The maximum absolute atomic E-state index is 12.7. The lowest BCUT2D eigenvalue weighted by atomic mass is 9.94. The van der Waals surface area contributed by atoms with E-state index in [4.69, 9.17) is 0 Å². The molecule has 1 unspecified atom stereocenters. The first-order valence-electron chi connectivity index (χ1n) is 12.0. The van der Waals surface area contributed by atoms with E-state index in [9.17, 15) is 4.79 Å². The number of hydrogen-bond acceptors (Lipinski definition) is 3. The average Bonchev–Trinajstić information content (AvgIpc) is 3.48. The number of likely N-dealkylation sites (tertiary alicyclic amines) is 1. The molecule has 1 aromatic rings. The molecule has 0 radical (unpaired) electrons. The summed E-state index contributed by atoms with van der Waals surface area (Å²) in [6, 6.07) is 9.07. The third-order valence-electron chi connectivity index (χ3n) is 7.44. The molecular formula is C25H39N5O. The molecule has 31 heavy (non-hydrogen) atoms. The Morgan fingerprint density at radius 2 is 1.87 bits per heavy atom. The number of aliphatic imine (C=N–C) groups is 1. The van der Waals surface area contributed by atoms with E-state index < -0.39 is 0 Å². The number of guanidine groups is 1. The summed E-state index contributed by atoms with van der Waals surface area (Å²) in [5.74, 6) is 1.48. The molecule has 0 bridgehead atoms. The van der Waals surface area contributed by atoms with Gasteiger partial charge in [0, 0.05) is 57.3 Å². The Morgan fingerprint density at radius 1 is 1.13 bits per heavy atom. The van der Waals surface area contributed by atoms with Crippen LogP contribution in [0, 0.1) is 5.92 Å². The Hall–Kier alpha value is -2.08. The van der Waals surface area contributed by atoms with E-state index >= 15 is 0 Å². The highest BCUT2D eigenvalue weighted by atomic mass is 16.2. The summed E-state index contributed by atoms with van der Waals surface area (Å²) in [7, 11) is 1.83. The standard InChI is InChI=1S/C25H39N5O/c1-25(2,30-15-12-19-8-4-7-11-21(19)16-30)18-27-24(26-3)28-22-13-14-29(17-22)23(31)20-9-5-6-10-20/h4,7-8,11,20,22H,5-6,9-10,12-18H2,1-3H3,(H2,26,27,28). The van der Waals surface area contributed by atoms with Crippen molar-refractivity contribution in [3.63, 3.8) is 0 Å². The van der Waals surface area contributed by atoms with E-state index in [0.29, 0.717) is 5.91 Å². The van der Waals surface area contributed by atoms with Gasteiger partial charge in [-0.05, 0) is 50.7 Å². The van der Waals surface area contributed by atoms with Gasteiger partial charge in [0.25, 0.3) is 0 Å². The molecule has 2 N–H and O–H groups in total. The molecule has 0 aromatic heterocycles. The molecule has 1 saturated heterocycles. The van der Waals surface area contributed by atoms with Crippen LogP contribution in [0.25, 0.3) is 0 Å². The lowest BCUT2D eigenvalue weighted by molar-refractivity contribution is -0.134. The lowest BCUT2D eigenvalue weighted by Crippen LogP contribution is -2.55. The van der Waals surface area contributed by atoms with Crippen LogP contribution >= 0.6 is 0 Å². The summed E-state index contributed by atoms with van der Waals surface area (Å²) < 4.78 is 0. The van der Waals surface area contributed by atoms with E-state index in [0.717, 1.165) is 64.4 Å². The topological polar surface area (TPSA) is 60.0 Å². The zero-order valence-corrected chi connectivity index (χ0v) is 19.5. The predicted octanol–water partition coefficient (Wildman–Crippen LogP) is 2.78. The van der Waals surface area contributed by atoms with Crippen molar-refractivity contribution in [2.24, 2.45) is 10.9 Å². The van der Waals surface area contributed by atoms with Crippen molar-refractivity contribution in [1.29, 1.82) is 0 Å². The van der Waals surface area contributed by atoms with Crippen LogP contribution in [-0.2, 0) is 17.8 Å². The molecule has 1 atom stereocenters. The van der Waals surface area contributed by atoms with E-state index in [2.05, 4.69) is 63.5 Å². The fourth-order valence-electron chi connectivity index (χ4n) is 5.32. The second-order valence-electron chi connectivity index (χ2n) is 10.1. The Balaban J connectivity index is 1.26. The lowest BCUT2D eigenvalue weighted by Gasteiger charge is -2.42. The molecule has 1 aliphatic carbocycles. The van der Waals surface area contributed by atoms with Gasteiger partial charge < -0.3 is 15.5 Å². The molecular weight excluding hydrogens is 386 g/mol. The van der Waals surface area contributed by atoms with Gasteiger partial charge in [0.05, 0.1) is 0 Å². The first-order chi connectivity index (χ1) is 15.0. The van der Waals surface area contributed by atoms with E-state index in [1.54, 1.807) is 0 Å². The number of carbonyl (C=O) groups is 1. The summed E-state index contributed by atoms with van der Waals surface area (Å²) in [4.78, 5) is 21.8. The van der Waals surface area contributed by atoms with Crippen LogP contribution in [-0.4, -0.2) is 66.5 Å². The third-order valence-corrected chi connectivity index (χ3v) is 7.44. The number of hydrogen-bond donors (Lipinski definition) is 2. The minimum Gasteiger partial charge on any atom is -0.355 e. The number of nitrogens with one attached hydrogen (secondary N) is 2. The van der Waals surface area contributed by atoms with E-state index in [1.807, 2.05) is 7.05 Å². The minimum atomic E-state index is 0.0191. The van der Waals surface area contributed by atoms with Gasteiger partial charge in [0.1, 0.15) is 0 Å². The van der Waals surface area contributed by atoms with Gasteiger partial charge in [-0.1, -0.05) is 37.1 Å². The number of fused-ring (bicyclic) bond motifs is 1. The van der Waals surface area contributed by atoms with Crippen molar-refractivity contribution in [3.8, 4) is 0 Å². The smallest absolute Gasteiger partial charge is 0.225 e. The van der Waals surface area contributed by atoms with Crippen LogP contribution in [0.5, 0.6) is 0 Å². The molecule has 6 nitrogen and oxygen atoms in total. The highest BCUT2D eigenvalue weighted by Gasteiger charge is 2.33. The zero-order valence-electron chi connectivity index (χ0n) is 19.5. The highest BCUT2D eigenvalue weighted by molar-refractivity contribution is 5.81. The van der Waals surface area contributed by atoms with Crippen LogP contribution in [0.4, 0.5) is 0 Å². The predicted molar refractivity (Wildman–Crippen MR) is 126 cm³/mol. The van der Waals surface area contributed by atoms with Crippen molar-refractivity contribution in [3.05, 3.63) is 35.4 Å². The second kappa shape index (κ2) is 9.60. The Bertz CT molecular complexity index is 799. The summed E-state index contributed by atoms with van der Waals surface area (Å²) in [5, 5.41) is 7.11. The quantitative estimate of drug-likeness (QED) is 0.563. The molecule has 3 aliphatic rings. The Morgan fingerprint density at radius 3 is 2.61 bits per heavy atom. The molecule has 1 aromatic carbocycles. The van der Waals surface area contributed by atoms with Gasteiger partial charge in [0.2, 0.25) is 5.91 Å². The van der Waals surface area contributed by atoms with Crippen LogP contribution in [0.2, 0.25) is 0 Å². The first-order valence-corrected chi connectivity index (χ1v) is 12.0. The van der Waals surface area contributed by atoms with Crippen molar-refractivity contribution < 1.29 is 4.79 Å². The fourth-order valence-corrected chi connectivity index (χ4v) is 5.32. The number of rotatable bonds is 5. The first kappa shape index (κ1) is 22.1. The molecule has 1 saturated carbocycles. The average molecular weight is 426 g/mol. The number of benzene rings is 1. The monoisotopic (exact) mass is 425 g/mol. The molecule has 2 heterocycles. The van der Waals surface area contributed by atoms with E-state index in [-0.39, 0.29) is 17.5 Å². The molecule has 4 rings (SSSR count). The molecule has 6 heteroatoms. The maximum Gasteiger partial charge on any atom is 0.225 e. The van der Waals surface area contributed by atoms with Crippen molar-refractivity contribution in [2.45, 2.75) is 70.5 Å². The van der Waals surface area contributed by atoms with Crippen molar-refractivity contribution in [2.75, 3.05) is 33.2 Å². The van der Waals surface area contributed by atoms with Gasteiger partial charge in [-0.25, -0.2) is 0 Å².